The summed E-state index contributed by atoms with van der Waals surface area (Å²) in [6.45, 7) is -0.990. The number of ketones is 1. The standard InChI is InChI=1S/C18H17FO6/c1-22-12-7-8-13(17(9-12)23-2)15(20)10-25-18(21)11-24-16-6-4-3-5-14(16)19/h3-9H,10-11H2,1-2H3. The van der Waals surface area contributed by atoms with Crippen molar-refractivity contribution in [1.82, 2.24) is 0 Å². The minimum absolute atomic E-state index is 0.0670. The molecule has 0 amide bonds. The lowest BCUT2D eigenvalue weighted by molar-refractivity contribution is -0.144. The van der Waals surface area contributed by atoms with Crippen LogP contribution in [0, 0.1) is 5.82 Å². The number of halogens is 1. The number of hydrogen-bond donors (Lipinski definition) is 0. The predicted molar refractivity (Wildman–Crippen MR) is 86.7 cm³/mol. The maximum atomic E-state index is 13.4. The van der Waals surface area contributed by atoms with Gasteiger partial charge in [-0.15, -0.1) is 0 Å². The molecule has 0 bridgehead atoms. The molecule has 0 aliphatic carbocycles. The van der Waals surface area contributed by atoms with Gasteiger partial charge in [0.25, 0.3) is 0 Å². The molecule has 2 aromatic carbocycles. The molecular formula is C18H17FO6. The Morgan fingerprint density at radius 1 is 0.960 bits per heavy atom. The number of benzene rings is 2. The zero-order valence-electron chi connectivity index (χ0n) is 13.8. The second-order valence-electron chi connectivity index (χ2n) is 4.87. The van der Waals surface area contributed by atoms with Gasteiger partial charge >= 0.3 is 5.97 Å². The summed E-state index contributed by atoms with van der Waals surface area (Å²) in [5.41, 5.74) is 0.256. The molecule has 0 aromatic heterocycles. The molecule has 0 saturated heterocycles. The first-order valence-electron chi connectivity index (χ1n) is 7.33. The molecule has 0 unspecified atom stereocenters. The van der Waals surface area contributed by atoms with Crippen molar-refractivity contribution >= 4 is 11.8 Å². The Bertz CT molecular complexity index is 759. The maximum absolute atomic E-state index is 13.4. The van der Waals surface area contributed by atoms with Gasteiger partial charge in [0.1, 0.15) is 11.5 Å². The highest BCUT2D eigenvalue weighted by Gasteiger charge is 2.16. The van der Waals surface area contributed by atoms with Gasteiger partial charge in [-0.2, -0.15) is 0 Å². The van der Waals surface area contributed by atoms with Gasteiger partial charge in [-0.1, -0.05) is 12.1 Å². The molecule has 0 aliphatic heterocycles. The third kappa shape index (κ3) is 4.94. The van der Waals surface area contributed by atoms with Gasteiger partial charge in [-0.25, -0.2) is 9.18 Å². The summed E-state index contributed by atoms with van der Waals surface area (Å²) in [6, 6.07) is 10.3. The molecule has 0 spiro atoms. The third-order valence-corrected chi connectivity index (χ3v) is 3.26. The number of rotatable bonds is 8. The van der Waals surface area contributed by atoms with Crippen LogP contribution in [-0.2, 0) is 9.53 Å². The molecule has 0 heterocycles. The third-order valence-electron chi connectivity index (χ3n) is 3.26. The smallest absolute Gasteiger partial charge is 0.344 e. The number of esters is 1. The van der Waals surface area contributed by atoms with Gasteiger partial charge in [0, 0.05) is 6.07 Å². The van der Waals surface area contributed by atoms with Crippen LogP contribution in [0.1, 0.15) is 10.4 Å². The summed E-state index contributed by atoms with van der Waals surface area (Å²) in [7, 11) is 2.91. The first kappa shape index (κ1) is 18.3. The second kappa shape index (κ2) is 8.68. The van der Waals surface area contributed by atoms with Gasteiger partial charge < -0.3 is 18.9 Å². The molecule has 0 N–H and O–H groups in total. The van der Waals surface area contributed by atoms with E-state index < -0.39 is 30.8 Å². The Hall–Kier alpha value is -3.09. The van der Waals surface area contributed by atoms with Crippen molar-refractivity contribution in [1.29, 1.82) is 0 Å². The number of methoxy groups -OCH3 is 2. The number of ether oxygens (including phenoxy) is 4. The maximum Gasteiger partial charge on any atom is 0.344 e. The summed E-state index contributed by atoms with van der Waals surface area (Å²) in [5.74, 6) is -1.05. The predicted octanol–water partition coefficient (Wildman–Crippen LogP) is 2.65. The highest BCUT2D eigenvalue weighted by Crippen LogP contribution is 2.25. The summed E-state index contributed by atoms with van der Waals surface area (Å²) >= 11 is 0. The molecule has 0 atom stereocenters. The Morgan fingerprint density at radius 2 is 1.72 bits per heavy atom. The van der Waals surface area contributed by atoms with Gasteiger partial charge in [0.05, 0.1) is 19.8 Å². The molecule has 132 valence electrons. The molecular weight excluding hydrogens is 331 g/mol. The van der Waals surface area contributed by atoms with E-state index in [1.807, 2.05) is 0 Å². The number of Topliss-reactive ketones (excluding diaryl/α,β-unsaturated/α-hetero) is 1. The molecule has 0 radical (unpaired) electrons. The van der Waals surface area contributed by atoms with Crippen molar-refractivity contribution in [2.24, 2.45) is 0 Å². The molecule has 0 fully saturated rings. The van der Waals surface area contributed by atoms with Crippen molar-refractivity contribution in [2.75, 3.05) is 27.4 Å². The lowest BCUT2D eigenvalue weighted by Gasteiger charge is -2.10. The van der Waals surface area contributed by atoms with Gasteiger partial charge in [-0.05, 0) is 24.3 Å². The number of hydrogen-bond acceptors (Lipinski definition) is 6. The lowest BCUT2D eigenvalue weighted by atomic mass is 10.1. The van der Waals surface area contributed by atoms with Gasteiger partial charge in [0.15, 0.2) is 24.8 Å². The lowest BCUT2D eigenvalue weighted by Crippen LogP contribution is -2.20. The number of carbonyl (C=O) groups is 2. The fourth-order valence-electron chi connectivity index (χ4n) is 1.99. The van der Waals surface area contributed by atoms with Crippen LogP contribution in [0.4, 0.5) is 4.39 Å². The minimum atomic E-state index is -0.788. The first-order chi connectivity index (χ1) is 12.0. The van der Waals surface area contributed by atoms with E-state index >= 15 is 0 Å². The van der Waals surface area contributed by atoms with Crippen LogP contribution >= 0.6 is 0 Å². The highest BCUT2D eigenvalue weighted by molar-refractivity contribution is 6.00. The molecule has 2 rings (SSSR count). The quantitative estimate of drug-likeness (QED) is 0.539. The number of para-hydroxylation sites is 1. The van der Waals surface area contributed by atoms with Crippen molar-refractivity contribution in [3.8, 4) is 17.2 Å². The summed E-state index contributed by atoms with van der Waals surface area (Å²) in [4.78, 5) is 23.8. The van der Waals surface area contributed by atoms with Crippen LogP contribution in [0.2, 0.25) is 0 Å². The van der Waals surface area contributed by atoms with E-state index in [1.165, 1.54) is 38.5 Å². The monoisotopic (exact) mass is 348 g/mol. The average Bonchev–Trinajstić information content (AvgIpc) is 2.64. The molecule has 0 aliphatic rings. The Balaban J connectivity index is 1.89. The van der Waals surface area contributed by atoms with Crippen LogP contribution in [0.25, 0.3) is 0 Å². The van der Waals surface area contributed by atoms with Crippen molar-refractivity contribution in [3.63, 3.8) is 0 Å². The summed E-state index contributed by atoms with van der Waals surface area (Å²) in [5, 5.41) is 0. The highest BCUT2D eigenvalue weighted by atomic mass is 19.1. The van der Waals surface area contributed by atoms with E-state index in [0.717, 1.165) is 0 Å². The normalized spacial score (nSPS) is 10.0. The second-order valence-corrected chi connectivity index (χ2v) is 4.87. The molecule has 25 heavy (non-hydrogen) atoms. The minimum Gasteiger partial charge on any atom is -0.497 e. The molecule has 0 saturated carbocycles. The van der Waals surface area contributed by atoms with E-state index in [2.05, 4.69) is 0 Å². The molecule has 7 heteroatoms. The van der Waals surface area contributed by atoms with Gasteiger partial charge in [-0.3, -0.25) is 4.79 Å². The van der Waals surface area contributed by atoms with Gasteiger partial charge in [0.2, 0.25) is 5.78 Å². The summed E-state index contributed by atoms with van der Waals surface area (Å²) in [6.07, 6.45) is 0. The zero-order chi connectivity index (χ0) is 18.2. The van der Waals surface area contributed by atoms with Crippen LogP contribution in [0.3, 0.4) is 0 Å². The van der Waals surface area contributed by atoms with Crippen molar-refractivity contribution in [3.05, 3.63) is 53.8 Å². The topological polar surface area (TPSA) is 71.1 Å². The van der Waals surface area contributed by atoms with Crippen molar-refractivity contribution < 1.29 is 32.9 Å². The van der Waals surface area contributed by atoms with E-state index in [4.69, 9.17) is 18.9 Å². The van der Waals surface area contributed by atoms with Crippen LogP contribution in [0.5, 0.6) is 17.2 Å². The fourth-order valence-corrected chi connectivity index (χ4v) is 1.99. The fraction of sp³-hybridized carbons (Fsp3) is 0.222. The van der Waals surface area contributed by atoms with E-state index in [9.17, 15) is 14.0 Å². The largest absolute Gasteiger partial charge is 0.497 e. The zero-order valence-corrected chi connectivity index (χ0v) is 13.8. The molecule has 2 aromatic rings. The van der Waals surface area contributed by atoms with E-state index in [-0.39, 0.29) is 11.3 Å². The van der Waals surface area contributed by atoms with E-state index in [0.29, 0.717) is 11.5 Å². The Kier molecular flexibility index (Phi) is 6.33. The van der Waals surface area contributed by atoms with E-state index in [1.54, 1.807) is 18.2 Å². The Labute approximate surface area is 144 Å². The van der Waals surface area contributed by atoms with Crippen LogP contribution in [-0.4, -0.2) is 39.2 Å². The Morgan fingerprint density at radius 3 is 2.40 bits per heavy atom. The van der Waals surface area contributed by atoms with Crippen molar-refractivity contribution in [2.45, 2.75) is 0 Å². The number of carbonyl (C=O) groups excluding carboxylic acids is 2. The summed E-state index contributed by atoms with van der Waals surface area (Å²) < 4.78 is 33.4. The SMILES string of the molecule is COc1ccc(C(=O)COC(=O)COc2ccccc2F)c(OC)c1. The first-order valence-corrected chi connectivity index (χ1v) is 7.33. The van der Waals surface area contributed by atoms with Crippen LogP contribution < -0.4 is 14.2 Å². The van der Waals surface area contributed by atoms with Crippen LogP contribution in [0.15, 0.2) is 42.5 Å². The molecule has 6 nitrogen and oxygen atoms in total. The average molecular weight is 348 g/mol.